The lowest BCUT2D eigenvalue weighted by Gasteiger charge is -2.17. The van der Waals surface area contributed by atoms with Crippen molar-refractivity contribution in [1.82, 2.24) is 0 Å². The zero-order chi connectivity index (χ0) is 11.6. The quantitative estimate of drug-likeness (QED) is 0.285. The molecule has 0 bridgehead atoms. The molecule has 0 unspecified atom stereocenters. The fourth-order valence-corrected chi connectivity index (χ4v) is 0.643. The van der Waals surface area contributed by atoms with Crippen LogP contribution in [0.25, 0.3) is 0 Å². The maximum Gasteiger partial charge on any atom is 0.192 e. The lowest BCUT2D eigenvalue weighted by molar-refractivity contribution is -2.00. The fraction of sp³-hybridized carbons (Fsp3) is 0.857. The van der Waals surface area contributed by atoms with E-state index in [1.54, 1.807) is 0 Å². The molecule has 86 valence electrons. The van der Waals surface area contributed by atoms with Gasteiger partial charge < -0.3 is 0 Å². The molecule has 0 atom stereocenters. The molecule has 0 aliphatic carbocycles. The summed E-state index contributed by atoms with van der Waals surface area (Å²) < 4.78 is 35.8. The largest absolute Gasteiger partial charge is 0.278 e. The Morgan fingerprint density at radius 1 is 1.14 bits per heavy atom. The van der Waals surface area contributed by atoms with Crippen LogP contribution in [0.4, 0.5) is 0 Å². The molecule has 0 saturated carbocycles. The number of rotatable bonds is 4. The lowest BCUT2D eigenvalue weighted by Crippen LogP contribution is -2.68. The van der Waals surface area contributed by atoms with E-state index < -0.39 is 10.2 Å². The number of hydroxylamine groups is 1. The number of hydrogen-bond acceptors (Lipinski definition) is 5. The van der Waals surface area contributed by atoms with Crippen molar-refractivity contribution in [3.05, 3.63) is 0 Å². The first-order valence-corrected chi connectivity index (χ1v) is 5.43. The van der Waals surface area contributed by atoms with Crippen molar-refractivity contribution in [1.29, 1.82) is 0 Å². The molecule has 0 heterocycles. The van der Waals surface area contributed by atoms with Crippen molar-refractivity contribution in [2.75, 3.05) is 13.2 Å². The van der Waals surface area contributed by atoms with Crippen LogP contribution >= 0.6 is 0 Å². The highest BCUT2D eigenvalue weighted by atomic mass is 35.7. The van der Waals surface area contributed by atoms with Crippen molar-refractivity contribution >= 4 is 6.21 Å². The Hall–Kier alpha value is -0.400. The van der Waals surface area contributed by atoms with Crippen molar-refractivity contribution in [2.24, 2.45) is 0 Å². The summed E-state index contributed by atoms with van der Waals surface area (Å²) in [7, 11) is -4.94. The molecule has 0 aromatic heterocycles. The third-order valence-electron chi connectivity index (χ3n) is 0.993. The summed E-state index contributed by atoms with van der Waals surface area (Å²) in [6, 6.07) is 0. The Kier molecular flexibility index (Phi) is 10.5. The highest BCUT2D eigenvalue weighted by Crippen LogP contribution is 1.78. The molecule has 6 nitrogen and oxygen atoms in total. The molecule has 0 spiro atoms. The fourth-order valence-electron chi connectivity index (χ4n) is 0.643. The van der Waals surface area contributed by atoms with Gasteiger partial charge >= 0.3 is 0 Å². The first-order chi connectivity index (χ1) is 6.35. The summed E-state index contributed by atoms with van der Waals surface area (Å²) in [6.07, 6.45) is 3.08. The van der Waals surface area contributed by atoms with Gasteiger partial charge in [0, 0.05) is 6.42 Å². The first kappa shape index (κ1) is 16.0. The van der Waals surface area contributed by atoms with Crippen LogP contribution in [0.2, 0.25) is 0 Å². The van der Waals surface area contributed by atoms with Gasteiger partial charge in [0.1, 0.15) is 0 Å². The van der Waals surface area contributed by atoms with Crippen LogP contribution in [-0.2, 0) is 4.84 Å². The predicted octanol–water partition coefficient (Wildman–Crippen LogP) is -3.30. The summed E-state index contributed by atoms with van der Waals surface area (Å²) in [4.78, 5) is 5.21. The lowest BCUT2D eigenvalue weighted by atomic mass is 10.5. The highest BCUT2D eigenvalue weighted by Gasteiger charge is 1.95. The second-order valence-electron chi connectivity index (χ2n) is 2.12. The van der Waals surface area contributed by atoms with Crippen LogP contribution < -0.4 is 18.6 Å². The average molecular weight is 230 g/mol. The minimum atomic E-state index is -4.94. The van der Waals surface area contributed by atoms with E-state index in [0.29, 0.717) is 0 Å². The van der Waals surface area contributed by atoms with Gasteiger partial charge in [-0.1, -0.05) is 6.92 Å². The van der Waals surface area contributed by atoms with E-state index in [1.807, 2.05) is 17.9 Å². The SMILES string of the molecule is CCC=[N+](CC)OCC.[O-][Cl+3]([O-])([O-])[O-]. The van der Waals surface area contributed by atoms with E-state index in [-0.39, 0.29) is 0 Å². The average Bonchev–Trinajstić information content (AvgIpc) is 2.01. The molecule has 0 amide bonds. The van der Waals surface area contributed by atoms with Crippen LogP contribution in [-0.4, -0.2) is 24.1 Å². The molecule has 7 heteroatoms. The Balaban J connectivity index is 0. The van der Waals surface area contributed by atoms with Crippen LogP contribution in [0.3, 0.4) is 0 Å². The van der Waals surface area contributed by atoms with Gasteiger partial charge in [-0.25, -0.2) is 18.6 Å². The summed E-state index contributed by atoms with van der Waals surface area (Å²) >= 11 is 0. The summed E-state index contributed by atoms with van der Waals surface area (Å²) in [5.41, 5.74) is 0. The molecule has 0 saturated heterocycles. The molecule has 14 heavy (non-hydrogen) atoms. The third-order valence-corrected chi connectivity index (χ3v) is 0.993. The maximum absolute atomic E-state index is 8.49. The molecule has 0 aliphatic rings. The molecule has 0 radical (unpaired) electrons. The molecule has 0 aromatic rings. The zero-order valence-corrected chi connectivity index (χ0v) is 9.32. The Morgan fingerprint density at radius 2 is 1.57 bits per heavy atom. The van der Waals surface area contributed by atoms with Gasteiger partial charge in [-0.3, -0.25) is 4.84 Å². The topological polar surface area (TPSA) is 104 Å². The van der Waals surface area contributed by atoms with Gasteiger partial charge in [0.05, 0.1) is 0 Å². The van der Waals surface area contributed by atoms with E-state index in [0.717, 1.165) is 19.6 Å². The van der Waals surface area contributed by atoms with Gasteiger partial charge in [0.25, 0.3) is 0 Å². The van der Waals surface area contributed by atoms with Crippen molar-refractivity contribution in [3.63, 3.8) is 0 Å². The van der Waals surface area contributed by atoms with Gasteiger partial charge in [-0.2, -0.15) is 0 Å². The second kappa shape index (κ2) is 9.17. The number of halogens is 1. The van der Waals surface area contributed by atoms with Gasteiger partial charge in [0.2, 0.25) is 0 Å². The smallest absolute Gasteiger partial charge is 0.192 e. The molecular weight excluding hydrogens is 214 g/mol. The van der Waals surface area contributed by atoms with Crippen molar-refractivity contribution in [2.45, 2.75) is 27.2 Å². The zero-order valence-electron chi connectivity index (χ0n) is 8.57. The molecule has 0 rings (SSSR count). The minimum absolute atomic E-state index is 0.754. The summed E-state index contributed by atoms with van der Waals surface area (Å²) in [6.45, 7) is 7.85. The third kappa shape index (κ3) is 22.6. The molecule has 0 fully saturated rings. The number of hydrogen-bond donors (Lipinski definition) is 0. The van der Waals surface area contributed by atoms with E-state index in [2.05, 4.69) is 13.8 Å². The van der Waals surface area contributed by atoms with Crippen LogP contribution in [0.1, 0.15) is 27.2 Å². The summed E-state index contributed by atoms with van der Waals surface area (Å²) in [5, 5.41) is 0. The van der Waals surface area contributed by atoms with E-state index in [4.69, 9.17) is 23.5 Å². The van der Waals surface area contributed by atoms with Crippen molar-refractivity contribution in [3.8, 4) is 0 Å². The predicted molar refractivity (Wildman–Crippen MR) is 38.8 cm³/mol. The standard InChI is InChI=1S/C7H16NO.ClHO4/c1-4-7-8(5-2)9-6-3;2-1(3,4)5/h7H,4-6H2,1-3H3;(H,2,3,4,5)/q+1;/p-1. The normalized spacial score (nSPS) is 11.8. The van der Waals surface area contributed by atoms with Crippen LogP contribution in [0, 0.1) is 10.2 Å². The number of nitrogens with zero attached hydrogens (tertiary/aromatic N) is 1. The Morgan fingerprint density at radius 3 is 1.79 bits per heavy atom. The molecular formula is C7H16ClNO5. The van der Waals surface area contributed by atoms with Crippen LogP contribution in [0.15, 0.2) is 0 Å². The van der Waals surface area contributed by atoms with Crippen molar-refractivity contribution < 1.29 is 38.5 Å². The maximum atomic E-state index is 8.49. The molecule has 0 aromatic carbocycles. The Bertz CT molecular complexity index is 151. The summed E-state index contributed by atoms with van der Waals surface area (Å²) in [5.74, 6) is 0. The minimum Gasteiger partial charge on any atom is -0.278 e. The van der Waals surface area contributed by atoms with Gasteiger partial charge in [0.15, 0.2) is 19.4 Å². The first-order valence-electron chi connectivity index (χ1n) is 4.19. The van der Waals surface area contributed by atoms with E-state index in [9.17, 15) is 0 Å². The van der Waals surface area contributed by atoms with Crippen LogP contribution in [0.5, 0.6) is 0 Å². The molecule has 0 aliphatic heterocycles. The monoisotopic (exact) mass is 229 g/mol. The second-order valence-corrected chi connectivity index (χ2v) is 2.88. The van der Waals surface area contributed by atoms with E-state index in [1.165, 1.54) is 0 Å². The molecule has 0 N–H and O–H groups in total. The Labute approximate surface area is 85.7 Å². The van der Waals surface area contributed by atoms with E-state index >= 15 is 0 Å². The van der Waals surface area contributed by atoms with Gasteiger partial charge in [-0.15, -0.1) is 10.2 Å². The van der Waals surface area contributed by atoms with Gasteiger partial charge in [-0.05, 0) is 18.6 Å². The highest BCUT2D eigenvalue weighted by molar-refractivity contribution is 5.49.